The quantitative estimate of drug-likeness (QED) is 0.124. The molecule has 0 fully saturated rings. The van der Waals surface area contributed by atoms with E-state index < -0.39 is 8.24 Å². The lowest BCUT2D eigenvalue weighted by atomic mass is 9.33. The normalized spacial score (nSPS) is 13.0. The monoisotopic (exact) mass is 767 g/mol. The topological polar surface area (TPSA) is 11.4 Å². The number of para-hydroxylation sites is 6. The molecule has 0 unspecified atom stereocenters. The van der Waals surface area contributed by atoms with Crippen LogP contribution in [0.3, 0.4) is 0 Å². The van der Waals surface area contributed by atoms with E-state index in [0.29, 0.717) is 0 Å². The third-order valence-electron chi connectivity index (χ3n) is 12.6. The summed E-state index contributed by atoms with van der Waals surface area (Å²) in [7, 11) is -3.33. The van der Waals surface area contributed by atoms with Crippen molar-refractivity contribution in [2.75, 3.05) is 9.80 Å². The Kier molecular flexibility index (Phi) is 7.65. The van der Waals surface area contributed by atoms with Gasteiger partial charge in [-0.3, -0.25) is 0 Å². The molecule has 0 N–H and O–H groups in total. The molecular formula is C54H38BN3Si. The number of aromatic nitrogens is 1. The molecule has 59 heavy (non-hydrogen) atoms. The van der Waals surface area contributed by atoms with E-state index in [1.54, 1.807) is 0 Å². The zero-order valence-corrected chi connectivity index (χ0v) is 33.4. The van der Waals surface area contributed by atoms with Crippen LogP contribution in [0.5, 0.6) is 0 Å². The summed E-state index contributed by atoms with van der Waals surface area (Å²) in [5.74, 6) is 0. The van der Waals surface area contributed by atoms with Crippen LogP contribution in [-0.4, -0.2) is 19.2 Å². The summed E-state index contributed by atoms with van der Waals surface area (Å²) < 4.78 is 2.78. The molecule has 2 aliphatic rings. The fourth-order valence-electron chi connectivity index (χ4n) is 10.4. The van der Waals surface area contributed by atoms with Gasteiger partial charge < -0.3 is 14.0 Å². The lowest BCUT2D eigenvalue weighted by molar-refractivity contribution is 1.25. The first-order valence-corrected chi connectivity index (χ1v) is 22.4. The van der Waals surface area contributed by atoms with Crippen LogP contribution in [0.2, 0.25) is 0 Å². The van der Waals surface area contributed by atoms with Crippen LogP contribution < -0.4 is 41.7 Å². The van der Waals surface area contributed by atoms with Crippen LogP contribution in [0, 0.1) is 0 Å². The van der Waals surface area contributed by atoms with Crippen molar-refractivity contribution >= 4 is 103 Å². The minimum atomic E-state index is -3.33. The standard InChI is InChI=1S/C54H38BN3Si/c1-5-21-39(22-6-1)56-49-35-19-15-31-45(49)55-46-32-16-20-36-50(46)57(40-23-7-2-8-24-40)54-52(38-37-51(56)53(54)55)59(41-25-9-3-10-26-41,42-27-11-4-12-28-42)58-47-33-17-13-29-43(47)44-30-14-18-34-48(44)58/h1-38H. The summed E-state index contributed by atoms with van der Waals surface area (Å²) in [6.45, 7) is 0.00340. The number of hydrogen-bond donors (Lipinski definition) is 0. The van der Waals surface area contributed by atoms with Crippen LogP contribution in [0.4, 0.5) is 34.1 Å². The largest absolute Gasteiger partial charge is 0.355 e. The highest BCUT2D eigenvalue weighted by molar-refractivity contribution is 7.12. The summed E-state index contributed by atoms with van der Waals surface area (Å²) in [5.41, 5.74) is 13.6. The second kappa shape index (κ2) is 13.4. The van der Waals surface area contributed by atoms with E-state index in [1.807, 2.05) is 0 Å². The van der Waals surface area contributed by atoms with Crippen molar-refractivity contribution in [1.82, 2.24) is 4.23 Å². The van der Waals surface area contributed by atoms with Gasteiger partial charge in [-0.05, 0) is 86.5 Å². The van der Waals surface area contributed by atoms with E-state index in [4.69, 9.17) is 0 Å². The van der Waals surface area contributed by atoms with Gasteiger partial charge in [0.15, 0.2) is 0 Å². The van der Waals surface area contributed by atoms with E-state index in [1.165, 1.54) is 76.5 Å². The van der Waals surface area contributed by atoms with Crippen molar-refractivity contribution in [3.63, 3.8) is 0 Å². The van der Waals surface area contributed by atoms with Gasteiger partial charge in [-0.1, -0.05) is 176 Å². The molecule has 5 heteroatoms. The summed E-state index contributed by atoms with van der Waals surface area (Å²) in [4.78, 5) is 5.10. The fourth-order valence-corrected chi connectivity index (χ4v) is 15.5. The highest BCUT2D eigenvalue weighted by Crippen LogP contribution is 2.44. The van der Waals surface area contributed by atoms with Gasteiger partial charge in [-0.25, -0.2) is 0 Å². The minimum Gasteiger partial charge on any atom is -0.355 e. The lowest BCUT2D eigenvalue weighted by Gasteiger charge is -2.47. The summed E-state index contributed by atoms with van der Waals surface area (Å²) in [6.07, 6.45) is 0. The van der Waals surface area contributed by atoms with E-state index in [9.17, 15) is 0 Å². The Morgan fingerprint density at radius 3 is 1.31 bits per heavy atom. The smallest absolute Gasteiger partial charge is 0.259 e. The predicted molar refractivity (Wildman–Crippen MR) is 253 cm³/mol. The molecule has 0 atom stereocenters. The van der Waals surface area contributed by atoms with E-state index in [-0.39, 0.29) is 6.71 Å². The number of hydrogen-bond acceptors (Lipinski definition) is 2. The van der Waals surface area contributed by atoms with Gasteiger partial charge in [0.1, 0.15) is 0 Å². The Labute approximate surface area is 345 Å². The number of rotatable bonds is 6. The maximum Gasteiger partial charge on any atom is 0.259 e. The van der Waals surface area contributed by atoms with Gasteiger partial charge in [0.05, 0.1) is 0 Å². The van der Waals surface area contributed by atoms with Gasteiger partial charge in [0.2, 0.25) is 0 Å². The van der Waals surface area contributed by atoms with E-state index in [0.717, 1.165) is 11.4 Å². The van der Waals surface area contributed by atoms with Gasteiger partial charge in [0.25, 0.3) is 14.9 Å². The summed E-state index contributed by atoms with van der Waals surface area (Å²) in [5, 5.41) is 6.54. The second-order valence-corrected chi connectivity index (χ2v) is 19.2. The highest BCUT2D eigenvalue weighted by Gasteiger charge is 2.51. The number of benzene rings is 9. The molecule has 12 rings (SSSR count). The van der Waals surface area contributed by atoms with Crippen LogP contribution in [-0.2, 0) is 0 Å². The average Bonchev–Trinajstić information content (AvgIpc) is 3.65. The minimum absolute atomic E-state index is 0.00340. The first-order chi connectivity index (χ1) is 29.3. The molecule has 0 saturated carbocycles. The fraction of sp³-hybridized carbons (Fsp3) is 0. The van der Waals surface area contributed by atoms with Crippen molar-refractivity contribution in [2.24, 2.45) is 0 Å². The van der Waals surface area contributed by atoms with Crippen molar-refractivity contribution in [1.29, 1.82) is 0 Å². The van der Waals surface area contributed by atoms with E-state index in [2.05, 4.69) is 245 Å². The van der Waals surface area contributed by atoms with Crippen molar-refractivity contribution in [3.05, 3.63) is 231 Å². The molecule has 2 aliphatic heterocycles. The SMILES string of the molecule is c1ccc(N2c3ccccc3B3c4ccccc4N(c4ccccc4)c4c([Si](c5ccccc5)(c5ccccc5)n5c6ccccc6c6ccccc65)ccc2c43)cc1. The summed E-state index contributed by atoms with van der Waals surface area (Å²) in [6, 6.07) is 86.0. The predicted octanol–water partition coefficient (Wildman–Crippen LogP) is 9.39. The molecule has 3 heterocycles. The van der Waals surface area contributed by atoms with Gasteiger partial charge in [-0.15, -0.1) is 0 Å². The molecule has 1 aromatic heterocycles. The van der Waals surface area contributed by atoms with Crippen LogP contribution in [0.1, 0.15) is 0 Å². The third kappa shape index (κ3) is 4.83. The molecule has 0 aliphatic carbocycles. The first kappa shape index (κ1) is 33.8. The number of fused-ring (bicyclic) bond motifs is 7. The molecule has 0 saturated heterocycles. The Hall–Kier alpha value is -7.34. The molecule has 276 valence electrons. The van der Waals surface area contributed by atoms with Gasteiger partial charge >= 0.3 is 0 Å². The number of anilines is 6. The molecule has 0 radical (unpaired) electrons. The Balaban J connectivity index is 1.33. The third-order valence-corrected chi connectivity index (χ3v) is 17.3. The van der Waals surface area contributed by atoms with Crippen molar-refractivity contribution in [3.8, 4) is 0 Å². The second-order valence-electron chi connectivity index (χ2n) is 15.6. The maximum absolute atomic E-state index is 3.33. The molecule has 0 amide bonds. The Morgan fingerprint density at radius 2 is 0.763 bits per heavy atom. The summed E-state index contributed by atoms with van der Waals surface area (Å²) >= 11 is 0. The molecule has 10 aromatic rings. The average molecular weight is 768 g/mol. The molecule has 9 aromatic carbocycles. The zero-order valence-electron chi connectivity index (χ0n) is 32.4. The Bertz CT molecular complexity index is 3080. The molecule has 0 spiro atoms. The lowest BCUT2D eigenvalue weighted by Crippen LogP contribution is -2.74. The number of nitrogens with zero attached hydrogens (tertiary/aromatic N) is 3. The van der Waals surface area contributed by atoms with Crippen molar-refractivity contribution in [2.45, 2.75) is 0 Å². The van der Waals surface area contributed by atoms with Crippen LogP contribution in [0.15, 0.2) is 231 Å². The Morgan fingerprint density at radius 1 is 0.339 bits per heavy atom. The van der Waals surface area contributed by atoms with E-state index >= 15 is 0 Å². The van der Waals surface area contributed by atoms with Gasteiger partial charge in [0, 0.05) is 55.9 Å². The maximum atomic E-state index is 2.78. The molecular weight excluding hydrogens is 730 g/mol. The van der Waals surface area contributed by atoms with Crippen LogP contribution >= 0.6 is 0 Å². The zero-order chi connectivity index (χ0) is 38.9. The first-order valence-electron chi connectivity index (χ1n) is 20.5. The highest BCUT2D eigenvalue weighted by atomic mass is 28.3. The molecule has 0 bridgehead atoms. The van der Waals surface area contributed by atoms with Crippen molar-refractivity contribution < 1.29 is 0 Å². The van der Waals surface area contributed by atoms with Crippen LogP contribution in [0.25, 0.3) is 21.8 Å². The molecule has 3 nitrogen and oxygen atoms in total. The van der Waals surface area contributed by atoms with Gasteiger partial charge in [-0.2, -0.15) is 0 Å².